The third-order valence-electron chi connectivity index (χ3n) is 2.64. The summed E-state index contributed by atoms with van der Waals surface area (Å²) >= 11 is 1.53. The molecular weight excluding hydrogens is 251 g/mol. The molecular formula is C12H11FN4S. The lowest BCUT2D eigenvalue weighted by Gasteiger charge is -1.98. The van der Waals surface area contributed by atoms with Crippen LogP contribution >= 0.6 is 11.3 Å². The SMILES string of the molecule is Nc1cn2nc(CCc3ccc(F)cc3)sc2n1. The highest BCUT2D eigenvalue weighted by Gasteiger charge is 2.06. The molecule has 1 aromatic carbocycles. The van der Waals surface area contributed by atoms with Crippen LogP contribution in [0.3, 0.4) is 0 Å². The minimum absolute atomic E-state index is 0.207. The zero-order chi connectivity index (χ0) is 12.5. The number of nitrogen functional groups attached to an aromatic ring is 1. The Bertz CT molecular complexity index is 640. The minimum atomic E-state index is -0.207. The molecule has 0 aliphatic carbocycles. The van der Waals surface area contributed by atoms with Gasteiger partial charge in [-0.25, -0.2) is 13.9 Å². The number of aryl methyl sites for hydroxylation is 2. The third kappa shape index (κ3) is 2.19. The Morgan fingerprint density at radius 3 is 2.72 bits per heavy atom. The van der Waals surface area contributed by atoms with E-state index in [2.05, 4.69) is 10.1 Å². The predicted octanol–water partition coefficient (Wildman–Crippen LogP) is 2.30. The number of imidazole rings is 1. The van der Waals surface area contributed by atoms with Crippen LogP contribution in [0.25, 0.3) is 4.96 Å². The number of nitrogens with two attached hydrogens (primary N) is 1. The van der Waals surface area contributed by atoms with E-state index in [0.29, 0.717) is 5.82 Å². The quantitative estimate of drug-likeness (QED) is 0.788. The number of hydrogen-bond acceptors (Lipinski definition) is 4. The molecule has 0 spiro atoms. The first kappa shape index (κ1) is 11.2. The molecule has 0 fully saturated rings. The van der Waals surface area contributed by atoms with Crippen molar-refractivity contribution < 1.29 is 4.39 Å². The van der Waals surface area contributed by atoms with E-state index in [0.717, 1.165) is 28.4 Å². The van der Waals surface area contributed by atoms with Gasteiger partial charge < -0.3 is 5.73 Å². The number of fused-ring (bicyclic) bond motifs is 1. The molecule has 2 heterocycles. The molecule has 3 rings (SSSR count). The fourth-order valence-corrected chi connectivity index (χ4v) is 2.64. The highest BCUT2D eigenvalue weighted by molar-refractivity contribution is 7.16. The summed E-state index contributed by atoms with van der Waals surface area (Å²) in [5, 5.41) is 5.39. The van der Waals surface area contributed by atoms with Gasteiger partial charge in [0.15, 0.2) is 0 Å². The average molecular weight is 262 g/mol. The molecule has 0 saturated carbocycles. The number of benzene rings is 1. The maximum atomic E-state index is 12.8. The fourth-order valence-electron chi connectivity index (χ4n) is 1.76. The van der Waals surface area contributed by atoms with Crippen molar-refractivity contribution in [1.29, 1.82) is 0 Å². The number of anilines is 1. The van der Waals surface area contributed by atoms with Crippen molar-refractivity contribution in [2.45, 2.75) is 12.8 Å². The van der Waals surface area contributed by atoms with E-state index in [9.17, 15) is 4.39 Å². The number of halogens is 1. The zero-order valence-corrected chi connectivity index (χ0v) is 10.3. The van der Waals surface area contributed by atoms with Gasteiger partial charge in [0, 0.05) is 6.42 Å². The smallest absolute Gasteiger partial charge is 0.214 e. The molecule has 18 heavy (non-hydrogen) atoms. The first-order chi connectivity index (χ1) is 8.70. The van der Waals surface area contributed by atoms with Crippen LogP contribution in [-0.4, -0.2) is 14.6 Å². The number of rotatable bonds is 3. The van der Waals surface area contributed by atoms with Gasteiger partial charge in [0.25, 0.3) is 0 Å². The van der Waals surface area contributed by atoms with Gasteiger partial charge >= 0.3 is 0 Å². The second-order valence-corrected chi connectivity index (χ2v) is 5.06. The minimum Gasteiger partial charge on any atom is -0.382 e. The second-order valence-electron chi connectivity index (χ2n) is 4.02. The summed E-state index contributed by atoms with van der Waals surface area (Å²) in [6, 6.07) is 6.55. The van der Waals surface area contributed by atoms with Crippen molar-refractivity contribution in [1.82, 2.24) is 14.6 Å². The van der Waals surface area contributed by atoms with Crippen molar-refractivity contribution in [3.05, 3.63) is 46.9 Å². The molecule has 0 aliphatic rings. The monoisotopic (exact) mass is 262 g/mol. The predicted molar refractivity (Wildman–Crippen MR) is 69.1 cm³/mol. The highest BCUT2D eigenvalue weighted by Crippen LogP contribution is 2.17. The van der Waals surface area contributed by atoms with Gasteiger partial charge in [-0.05, 0) is 24.1 Å². The van der Waals surface area contributed by atoms with Crippen LogP contribution < -0.4 is 5.73 Å². The molecule has 0 aliphatic heterocycles. The maximum Gasteiger partial charge on any atom is 0.214 e. The third-order valence-corrected chi connectivity index (χ3v) is 3.63. The summed E-state index contributed by atoms with van der Waals surface area (Å²) in [4.78, 5) is 4.95. The lowest BCUT2D eigenvalue weighted by molar-refractivity contribution is 0.627. The van der Waals surface area contributed by atoms with Crippen LogP contribution in [0.15, 0.2) is 30.5 Å². The van der Waals surface area contributed by atoms with E-state index < -0.39 is 0 Å². The van der Waals surface area contributed by atoms with Gasteiger partial charge in [0.1, 0.15) is 16.6 Å². The molecule has 2 N–H and O–H groups in total. The van der Waals surface area contributed by atoms with Crippen molar-refractivity contribution in [3.8, 4) is 0 Å². The van der Waals surface area contributed by atoms with Gasteiger partial charge in [-0.2, -0.15) is 5.10 Å². The molecule has 0 bridgehead atoms. The first-order valence-electron chi connectivity index (χ1n) is 5.56. The largest absolute Gasteiger partial charge is 0.382 e. The number of nitrogens with zero attached hydrogens (tertiary/aromatic N) is 3. The molecule has 4 nitrogen and oxygen atoms in total. The normalized spacial score (nSPS) is 11.2. The van der Waals surface area contributed by atoms with Gasteiger partial charge in [0.2, 0.25) is 4.96 Å². The molecule has 0 amide bonds. The Hall–Kier alpha value is -1.95. The van der Waals surface area contributed by atoms with Crippen molar-refractivity contribution in [2.75, 3.05) is 5.73 Å². The first-order valence-corrected chi connectivity index (χ1v) is 6.37. The summed E-state index contributed by atoms with van der Waals surface area (Å²) in [5.41, 5.74) is 6.66. The van der Waals surface area contributed by atoms with E-state index in [1.54, 1.807) is 22.8 Å². The van der Waals surface area contributed by atoms with Gasteiger partial charge in [-0.15, -0.1) is 0 Å². The fraction of sp³-hybridized carbons (Fsp3) is 0.167. The topological polar surface area (TPSA) is 56.2 Å². The Balaban J connectivity index is 1.72. The van der Waals surface area contributed by atoms with Crippen LogP contribution in [0, 0.1) is 5.82 Å². The van der Waals surface area contributed by atoms with Crippen LogP contribution in [-0.2, 0) is 12.8 Å². The lowest BCUT2D eigenvalue weighted by atomic mass is 10.1. The number of aromatic nitrogens is 3. The summed E-state index contributed by atoms with van der Waals surface area (Å²) < 4.78 is 14.4. The zero-order valence-electron chi connectivity index (χ0n) is 9.51. The standard InChI is InChI=1S/C12H11FN4S/c13-9-4-1-8(2-5-9)3-6-11-16-17-7-10(14)15-12(17)18-11/h1-2,4-5,7H,3,6,14H2. The van der Waals surface area contributed by atoms with E-state index in [1.165, 1.54) is 23.5 Å². The maximum absolute atomic E-state index is 12.8. The summed E-state index contributed by atoms with van der Waals surface area (Å²) in [6.07, 6.45) is 3.36. The van der Waals surface area contributed by atoms with Crippen molar-refractivity contribution >= 4 is 22.1 Å². The Morgan fingerprint density at radius 2 is 2.00 bits per heavy atom. The van der Waals surface area contributed by atoms with Crippen LogP contribution in [0.1, 0.15) is 10.6 Å². The summed E-state index contributed by atoms with van der Waals surface area (Å²) in [5.74, 6) is 0.278. The molecule has 0 radical (unpaired) electrons. The molecule has 0 saturated heterocycles. The Morgan fingerprint density at radius 1 is 1.22 bits per heavy atom. The summed E-state index contributed by atoms with van der Waals surface area (Å²) in [6.45, 7) is 0. The molecule has 92 valence electrons. The summed E-state index contributed by atoms with van der Waals surface area (Å²) in [7, 11) is 0. The van der Waals surface area contributed by atoms with E-state index in [1.807, 2.05) is 0 Å². The van der Waals surface area contributed by atoms with Gasteiger partial charge in [-0.1, -0.05) is 23.5 Å². The van der Waals surface area contributed by atoms with Crippen molar-refractivity contribution in [2.24, 2.45) is 0 Å². The molecule has 2 aromatic heterocycles. The molecule has 3 aromatic rings. The Kier molecular flexibility index (Phi) is 2.71. The van der Waals surface area contributed by atoms with Crippen LogP contribution in [0.2, 0.25) is 0 Å². The molecule has 0 unspecified atom stereocenters. The van der Waals surface area contributed by atoms with Crippen molar-refractivity contribution in [3.63, 3.8) is 0 Å². The van der Waals surface area contributed by atoms with E-state index in [-0.39, 0.29) is 5.82 Å². The average Bonchev–Trinajstić information content (AvgIpc) is 2.85. The highest BCUT2D eigenvalue weighted by atomic mass is 32.1. The van der Waals surface area contributed by atoms with Gasteiger partial charge in [-0.3, -0.25) is 0 Å². The molecule has 0 atom stereocenters. The Labute approximate surface area is 107 Å². The van der Waals surface area contributed by atoms with Crippen LogP contribution in [0.4, 0.5) is 10.2 Å². The van der Waals surface area contributed by atoms with E-state index >= 15 is 0 Å². The van der Waals surface area contributed by atoms with E-state index in [4.69, 9.17) is 5.73 Å². The second kappa shape index (κ2) is 4.38. The molecule has 6 heteroatoms. The number of hydrogen-bond donors (Lipinski definition) is 1. The lowest BCUT2D eigenvalue weighted by Crippen LogP contribution is -1.92. The van der Waals surface area contributed by atoms with Crippen LogP contribution in [0.5, 0.6) is 0 Å². The van der Waals surface area contributed by atoms with Gasteiger partial charge in [0.05, 0.1) is 6.20 Å².